The first-order valence-corrected chi connectivity index (χ1v) is 20.8. The Morgan fingerprint density at radius 3 is 2.51 bits per heavy atom. The zero-order chi connectivity index (χ0) is 37.2. The van der Waals surface area contributed by atoms with Crippen LogP contribution in [0.1, 0.15) is 109 Å². The predicted molar refractivity (Wildman–Crippen MR) is 207 cm³/mol. The lowest BCUT2D eigenvalue weighted by molar-refractivity contribution is 0.0630. The SMILES string of the molecule is CCC(C)S(=O)(=O)NC(=O)c1ccc2c(C3CCCCC3)c3n(c2c1)CC(c1c(C(=O)N2C[C@H]4C[C@H]2CN4CC)cnn1C)=Cc1cc(OC)ccc1-3. The number of likely N-dealkylation sites (N-methyl/N-ethyl adjacent to an activating group) is 1. The lowest BCUT2D eigenvalue weighted by atomic mass is 9.81. The summed E-state index contributed by atoms with van der Waals surface area (Å²) >= 11 is 0. The molecule has 12 heteroatoms. The first-order chi connectivity index (χ1) is 25.5. The van der Waals surface area contributed by atoms with Crippen molar-refractivity contribution in [3.63, 3.8) is 0 Å². The Morgan fingerprint density at radius 2 is 1.81 bits per heavy atom. The summed E-state index contributed by atoms with van der Waals surface area (Å²) < 4.78 is 38.1. The molecule has 4 aliphatic rings. The molecule has 3 aliphatic heterocycles. The van der Waals surface area contributed by atoms with Crippen LogP contribution in [0.25, 0.3) is 33.8 Å². The van der Waals surface area contributed by atoms with Crippen molar-refractivity contribution in [2.45, 2.75) is 95.5 Å². The summed E-state index contributed by atoms with van der Waals surface area (Å²) in [6.45, 7) is 8.60. The summed E-state index contributed by atoms with van der Waals surface area (Å²) in [5, 5.41) is 5.02. The second-order valence-electron chi connectivity index (χ2n) is 15.4. The highest BCUT2D eigenvalue weighted by Gasteiger charge is 2.45. The van der Waals surface area contributed by atoms with Gasteiger partial charge in [0.2, 0.25) is 10.0 Å². The molecule has 280 valence electrons. The number of sulfonamides is 1. The monoisotopic (exact) mass is 738 g/mol. The average Bonchev–Trinajstić information content (AvgIpc) is 3.93. The molecule has 4 aromatic rings. The maximum Gasteiger partial charge on any atom is 0.264 e. The van der Waals surface area contributed by atoms with E-state index >= 15 is 0 Å². The van der Waals surface area contributed by atoms with Crippen LogP contribution in [0, 0.1) is 0 Å². The van der Waals surface area contributed by atoms with Gasteiger partial charge in [-0.3, -0.25) is 19.2 Å². The quantitative estimate of drug-likeness (QED) is 0.210. The molecule has 2 amide bonds. The number of carbonyl (C=O) groups excluding carboxylic acids is 2. The van der Waals surface area contributed by atoms with Crippen LogP contribution in [0.5, 0.6) is 5.75 Å². The third-order valence-electron chi connectivity index (χ3n) is 12.4. The highest BCUT2D eigenvalue weighted by molar-refractivity contribution is 7.90. The average molecular weight is 739 g/mol. The zero-order valence-corrected chi connectivity index (χ0v) is 32.2. The van der Waals surface area contributed by atoms with E-state index in [9.17, 15) is 18.0 Å². The van der Waals surface area contributed by atoms with Gasteiger partial charge in [0.15, 0.2) is 0 Å². The minimum atomic E-state index is -3.84. The standard InChI is InChI=1S/C41H50N6O5S/c1-6-25(3)53(50,51)43-40(48)27-13-15-34-36(19-27)47-22-29(38-35(21-42-44(38)4)41(49)46-24-30-20-31(46)23-45(30)7-2)17-28-18-32(52-5)14-16-33(28)39(47)37(34)26-11-9-8-10-12-26/h13-19,21,25-26,30-31H,6-12,20,22-24H2,1-5H3,(H,43,48)/t25?,30-,31+/m1/s1. The van der Waals surface area contributed by atoms with E-state index in [1.807, 2.05) is 34.8 Å². The topological polar surface area (TPSA) is 119 Å². The summed E-state index contributed by atoms with van der Waals surface area (Å²) in [6, 6.07) is 12.3. The van der Waals surface area contributed by atoms with E-state index in [1.54, 1.807) is 33.2 Å². The molecule has 1 saturated carbocycles. The molecular weight excluding hydrogens is 689 g/mol. The molecule has 1 N–H and O–H groups in total. The summed E-state index contributed by atoms with van der Waals surface area (Å²) in [4.78, 5) is 32.5. The number of rotatable bonds is 9. The van der Waals surface area contributed by atoms with Crippen LogP contribution >= 0.6 is 0 Å². The van der Waals surface area contributed by atoms with Crippen molar-refractivity contribution in [2.75, 3.05) is 26.7 Å². The fourth-order valence-corrected chi connectivity index (χ4v) is 10.4. The van der Waals surface area contributed by atoms with Crippen molar-refractivity contribution in [2.24, 2.45) is 7.05 Å². The number of hydrogen-bond acceptors (Lipinski definition) is 7. The first-order valence-electron chi connectivity index (χ1n) is 19.2. The number of fused-ring (bicyclic) bond motifs is 7. The summed E-state index contributed by atoms with van der Waals surface area (Å²) in [6.07, 6.45) is 10.9. The van der Waals surface area contributed by atoms with Gasteiger partial charge in [0, 0.05) is 54.3 Å². The van der Waals surface area contributed by atoms with Gasteiger partial charge in [-0.1, -0.05) is 39.2 Å². The van der Waals surface area contributed by atoms with Crippen molar-refractivity contribution in [1.82, 2.24) is 28.9 Å². The fourth-order valence-electron chi connectivity index (χ4n) is 9.35. The van der Waals surface area contributed by atoms with Gasteiger partial charge in [-0.2, -0.15) is 5.10 Å². The number of aromatic nitrogens is 3. The Labute approximate surface area is 312 Å². The van der Waals surface area contributed by atoms with Crippen molar-refractivity contribution in [3.05, 3.63) is 70.5 Å². The van der Waals surface area contributed by atoms with Gasteiger partial charge in [0.05, 0.1) is 42.1 Å². The van der Waals surface area contributed by atoms with Gasteiger partial charge >= 0.3 is 0 Å². The Balaban J connectivity index is 1.29. The Hall–Kier alpha value is -4.42. The lowest BCUT2D eigenvalue weighted by Gasteiger charge is -2.33. The molecule has 8 rings (SSSR count). The molecule has 0 spiro atoms. The minimum absolute atomic E-state index is 0.00863. The minimum Gasteiger partial charge on any atom is -0.497 e. The van der Waals surface area contributed by atoms with Gasteiger partial charge in [-0.15, -0.1) is 0 Å². The predicted octanol–water partition coefficient (Wildman–Crippen LogP) is 6.43. The lowest BCUT2D eigenvalue weighted by Crippen LogP contribution is -2.48. The number of piperazine rings is 1. The van der Waals surface area contributed by atoms with Crippen LogP contribution in [0.4, 0.5) is 0 Å². The van der Waals surface area contributed by atoms with Crippen LogP contribution in [-0.2, 0) is 23.6 Å². The first kappa shape index (κ1) is 35.6. The van der Waals surface area contributed by atoms with E-state index in [0.29, 0.717) is 30.5 Å². The summed E-state index contributed by atoms with van der Waals surface area (Å²) in [5.74, 6) is 0.429. The van der Waals surface area contributed by atoms with Crippen LogP contribution in [0.3, 0.4) is 0 Å². The third kappa shape index (κ3) is 6.07. The molecular formula is C41H50N6O5S. The van der Waals surface area contributed by atoms with Crippen molar-refractivity contribution in [1.29, 1.82) is 0 Å². The largest absolute Gasteiger partial charge is 0.497 e. The number of aryl methyl sites for hydroxylation is 1. The van der Waals surface area contributed by atoms with Crippen LogP contribution in [0.15, 0.2) is 42.6 Å². The molecule has 3 fully saturated rings. The van der Waals surface area contributed by atoms with Crippen LogP contribution < -0.4 is 9.46 Å². The number of nitrogens with one attached hydrogen (secondary N) is 1. The van der Waals surface area contributed by atoms with Crippen molar-refractivity contribution >= 4 is 44.4 Å². The molecule has 2 bridgehead atoms. The smallest absolute Gasteiger partial charge is 0.264 e. The van der Waals surface area contributed by atoms with E-state index in [1.165, 1.54) is 12.0 Å². The van der Waals surface area contributed by atoms with E-state index in [2.05, 4.69) is 44.4 Å². The number of ether oxygens (including phenoxy) is 1. The van der Waals surface area contributed by atoms with E-state index in [4.69, 9.17) is 4.74 Å². The van der Waals surface area contributed by atoms with Gasteiger partial charge in [-0.05, 0) is 98.2 Å². The van der Waals surface area contributed by atoms with Gasteiger partial charge in [0.25, 0.3) is 11.8 Å². The second kappa shape index (κ2) is 13.8. The molecule has 2 saturated heterocycles. The van der Waals surface area contributed by atoms with E-state index in [-0.39, 0.29) is 17.5 Å². The molecule has 11 nitrogen and oxygen atoms in total. The highest BCUT2D eigenvalue weighted by Crippen LogP contribution is 2.48. The fraction of sp³-hybridized carbons (Fsp3) is 0.488. The molecule has 0 radical (unpaired) electrons. The summed E-state index contributed by atoms with van der Waals surface area (Å²) in [5.41, 5.74) is 7.79. The Kier molecular flexibility index (Phi) is 9.25. The molecule has 3 atom stereocenters. The number of carbonyl (C=O) groups is 2. The number of allylic oxidation sites excluding steroid dienone is 1. The number of amides is 2. The molecule has 2 aromatic carbocycles. The maximum atomic E-state index is 14.4. The van der Waals surface area contributed by atoms with E-state index < -0.39 is 21.2 Å². The molecule has 2 aromatic heterocycles. The number of likely N-dealkylation sites (tertiary alicyclic amines) is 2. The van der Waals surface area contributed by atoms with Gasteiger partial charge in [-0.25, -0.2) is 13.1 Å². The van der Waals surface area contributed by atoms with Crippen LogP contribution in [-0.4, -0.2) is 88.5 Å². The Morgan fingerprint density at radius 1 is 1.02 bits per heavy atom. The third-order valence-corrected chi connectivity index (χ3v) is 14.2. The second-order valence-corrected chi connectivity index (χ2v) is 17.5. The Bertz CT molecular complexity index is 2250. The van der Waals surface area contributed by atoms with Crippen molar-refractivity contribution < 1.29 is 22.7 Å². The number of benzene rings is 2. The number of nitrogens with zero attached hydrogens (tertiary/aromatic N) is 5. The van der Waals surface area contributed by atoms with Crippen LogP contribution in [0.2, 0.25) is 0 Å². The molecule has 1 aliphatic carbocycles. The van der Waals surface area contributed by atoms with Crippen molar-refractivity contribution in [3.8, 4) is 17.0 Å². The number of hydrogen-bond donors (Lipinski definition) is 1. The molecule has 53 heavy (non-hydrogen) atoms. The summed E-state index contributed by atoms with van der Waals surface area (Å²) in [7, 11) is -0.280. The highest BCUT2D eigenvalue weighted by atomic mass is 32.2. The molecule has 5 heterocycles. The van der Waals surface area contributed by atoms with Gasteiger partial charge < -0.3 is 14.2 Å². The zero-order valence-electron chi connectivity index (χ0n) is 31.4. The number of methoxy groups -OCH3 is 1. The molecule has 1 unspecified atom stereocenters. The van der Waals surface area contributed by atoms with Gasteiger partial charge in [0.1, 0.15) is 5.75 Å². The normalized spacial score (nSPS) is 20.9. The van der Waals surface area contributed by atoms with E-state index in [0.717, 1.165) is 96.5 Å². The maximum absolute atomic E-state index is 14.4.